The van der Waals surface area contributed by atoms with Gasteiger partial charge in [0.1, 0.15) is 5.60 Å². The zero-order chi connectivity index (χ0) is 16.4. The quantitative estimate of drug-likeness (QED) is 0.586. The Bertz CT molecular complexity index is 464. The summed E-state index contributed by atoms with van der Waals surface area (Å²) in [6.07, 6.45) is 2.04. The highest BCUT2D eigenvalue weighted by molar-refractivity contribution is 6.01. The van der Waals surface area contributed by atoms with Gasteiger partial charge in [-0.2, -0.15) is 0 Å². The monoisotopic (exact) mass is 298 g/mol. The number of hydrogen-bond acceptors (Lipinski definition) is 5. The molecule has 0 N–H and O–H groups in total. The SMILES string of the molecule is CC(C)[C@@H](C[N+](=O)[O-])[C@@H]1C=CC(=O)N1C(=O)OC(C)(C)C. The molecule has 0 radical (unpaired) electrons. The number of imide groups is 1. The fourth-order valence-electron chi connectivity index (χ4n) is 2.24. The molecule has 1 aliphatic rings. The molecule has 0 fully saturated rings. The van der Waals surface area contributed by atoms with Crippen LogP contribution in [0.3, 0.4) is 0 Å². The minimum atomic E-state index is -0.767. The van der Waals surface area contributed by atoms with Crippen LogP contribution < -0.4 is 0 Å². The van der Waals surface area contributed by atoms with Crippen molar-refractivity contribution >= 4 is 12.0 Å². The lowest BCUT2D eigenvalue weighted by Gasteiger charge is -2.31. The van der Waals surface area contributed by atoms with Gasteiger partial charge in [0.05, 0.1) is 12.0 Å². The van der Waals surface area contributed by atoms with Gasteiger partial charge in [0.15, 0.2) is 0 Å². The fourth-order valence-corrected chi connectivity index (χ4v) is 2.24. The van der Waals surface area contributed by atoms with E-state index in [1.807, 2.05) is 13.8 Å². The first-order chi connectivity index (χ1) is 9.53. The van der Waals surface area contributed by atoms with E-state index in [9.17, 15) is 19.7 Å². The maximum Gasteiger partial charge on any atom is 0.417 e. The lowest BCUT2D eigenvalue weighted by molar-refractivity contribution is -0.490. The minimum Gasteiger partial charge on any atom is -0.443 e. The first kappa shape index (κ1) is 17.1. The van der Waals surface area contributed by atoms with E-state index in [-0.39, 0.29) is 12.5 Å². The van der Waals surface area contributed by atoms with E-state index >= 15 is 0 Å². The van der Waals surface area contributed by atoms with Gasteiger partial charge in [-0.1, -0.05) is 19.9 Å². The summed E-state index contributed by atoms with van der Waals surface area (Å²) in [5.74, 6) is -1.00. The molecular weight excluding hydrogens is 276 g/mol. The smallest absolute Gasteiger partial charge is 0.417 e. The van der Waals surface area contributed by atoms with Crippen LogP contribution in [0.5, 0.6) is 0 Å². The van der Waals surface area contributed by atoms with Gasteiger partial charge in [-0.25, -0.2) is 9.69 Å². The van der Waals surface area contributed by atoms with E-state index in [1.54, 1.807) is 26.8 Å². The predicted octanol–water partition coefficient (Wildman–Crippen LogP) is 2.24. The van der Waals surface area contributed by atoms with Gasteiger partial charge in [0.2, 0.25) is 6.54 Å². The van der Waals surface area contributed by atoms with Crippen molar-refractivity contribution in [1.29, 1.82) is 0 Å². The Morgan fingerprint density at radius 1 is 1.48 bits per heavy atom. The summed E-state index contributed by atoms with van der Waals surface area (Å²) >= 11 is 0. The molecule has 0 unspecified atom stereocenters. The molecule has 7 heteroatoms. The fraction of sp³-hybridized carbons (Fsp3) is 0.714. The molecule has 0 spiro atoms. The van der Waals surface area contributed by atoms with E-state index in [2.05, 4.69) is 0 Å². The molecule has 1 aliphatic heterocycles. The summed E-state index contributed by atoms with van der Waals surface area (Å²) in [6, 6.07) is -0.641. The molecule has 0 saturated heterocycles. The number of carbonyl (C=O) groups is 2. The second kappa shape index (κ2) is 6.24. The highest BCUT2D eigenvalue weighted by Crippen LogP contribution is 2.27. The highest BCUT2D eigenvalue weighted by Gasteiger charge is 2.41. The first-order valence-corrected chi connectivity index (χ1v) is 6.89. The van der Waals surface area contributed by atoms with Crippen molar-refractivity contribution < 1.29 is 19.2 Å². The molecule has 21 heavy (non-hydrogen) atoms. The van der Waals surface area contributed by atoms with E-state index in [0.717, 1.165) is 4.90 Å². The molecule has 118 valence electrons. The minimum absolute atomic E-state index is 0.0547. The van der Waals surface area contributed by atoms with Crippen LogP contribution in [0.1, 0.15) is 34.6 Å². The Morgan fingerprint density at radius 3 is 2.48 bits per heavy atom. The summed E-state index contributed by atoms with van der Waals surface area (Å²) in [5, 5.41) is 10.8. The van der Waals surface area contributed by atoms with Crippen molar-refractivity contribution in [3.63, 3.8) is 0 Å². The molecule has 0 aromatic heterocycles. The number of nitro groups is 1. The van der Waals surface area contributed by atoms with Crippen molar-refractivity contribution in [2.45, 2.75) is 46.3 Å². The molecule has 0 aromatic carbocycles. The molecule has 2 atom stereocenters. The summed E-state index contributed by atoms with van der Waals surface area (Å²) in [6.45, 7) is 8.45. The maximum atomic E-state index is 12.2. The Hall–Kier alpha value is -1.92. The highest BCUT2D eigenvalue weighted by atomic mass is 16.6. The third kappa shape index (κ3) is 4.54. The van der Waals surface area contributed by atoms with E-state index < -0.39 is 34.5 Å². The van der Waals surface area contributed by atoms with Crippen molar-refractivity contribution in [1.82, 2.24) is 4.90 Å². The van der Waals surface area contributed by atoms with Crippen LogP contribution in [0, 0.1) is 22.0 Å². The molecular formula is C14H22N2O5. The molecule has 0 saturated carbocycles. The second-order valence-electron chi connectivity index (χ2n) is 6.46. The molecule has 1 rings (SSSR count). The largest absolute Gasteiger partial charge is 0.443 e. The number of carbonyl (C=O) groups excluding carboxylic acids is 2. The molecule has 0 aliphatic carbocycles. The third-order valence-corrected chi connectivity index (χ3v) is 3.22. The molecule has 1 heterocycles. The summed E-state index contributed by atoms with van der Waals surface area (Å²) in [4.78, 5) is 35.4. The molecule has 0 bridgehead atoms. The number of rotatable bonds is 4. The second-order valence-corrected chi connectivity index (χ2v) is 6.46. The zero-order valence-corrected chi connectivity index (χ0v) is 13.0. The van der Waals surface area contributed by atoms with Crippen LogP contribution in [-0.2, 0) is 9.53 Å². The van der Waals surface area contributed by atoms with Crippen LogP contribution in [-0.4, -0.2) is 40.0 Å². The number of amides is 2. The lowest BCUT2D eigenvalue weighted by Crippen LogP contribution is -2.48. The standard InChI is InChI=1S/C14H22N2O5/c1-9(2)10(8-15(19)20)11-6-7-12(17)16(11)13(18)21-14(3,4)5/h6-7,9-11H,8H2,1-5H3/t10-,11+/m1/s1. The molecule has 2 amide bonds. The normalized spacial score (nSPS) is 20.0. The Kier molecular flexibility index (Phi) is 5.09. The number of ether oxygens (including phenoxy) is 1. The van der Waals surface area contributed by atoms with E-state index in [1.165, 1.54) is 6.08 Å². The van der Waals surface area contributed by atoms with Crippen molar-refractivity contribution in [3.8, 4) is 0 Å². The Morgan fingerprint density at radius 2 is 2.05 bits per heavy atom. The van der Waals surface area contributed by atoms with E-state index in [4.69, 9.17) is 4.74 Å². The van der Waals surface area contributed by atoms with Gasteiger partial charge < -0.3 is 4.74 Å². The predicted molar refractivity (Wildman–Crippen MR) is 76.2 cm³/mol. The summed E-state index contributed by atoms with van der Waals surface area (Å²) < 4.78 is 5.21. The van der Waals surface area contributed by atoms with Gasteiger partial charge in [0.25, 0.3) is 5.91 Å². The van der Waals surface area contributed by atoms with Crippen molar-refractivity contribution in [2.24, 2.45) is 11.8 Å². The van der Waals surface area contributed by atoms with Crippen molar-refractivity contribution in [3.05, 3.63) is 22.3 Å². The molecule has 7 nitrogen and oxygen atoms in total. The van der Waals surface area contributed by atoms with Crippen LogP contribution in [0.25, 0.3) is 0 Å². The summed E-state index contributed by atoms with van der Waals surface area (Å²) in [5.41, 5.74) is -0.735. The van der Waals surface area contributed by atoms with Gasteiger partial charge in [0, 0.05) is 11.0 Å². The van der Waals surface area contributed by atoms with Gasteiger partial charge >= 0.3 is 6.09 Å². The average Bonchev–Trinajstić information content (AvgIpc) is 2.64. The lowest BCUT2D eigenvalue weighted by atomic mass is 9.88. The Labute approximate surface area is 124 Å². The number of nitrogens with zero attached hydrogens (tertiary/aromatic N) is 2. The number of hydrogen-bond donors (Lipinski definition) is 0. The summed E-state index contributed by atoms with van der Waals surface area (Å²) in [7, 11) is 0. The van der Waals surface area contributed by atoms with Gasteiger partial charge in [-0.3, -0.25) is 14.9 Å². The maximum absolute atomic E-state index is 12.2. The zero-order valence-electron chi connectivity index (χ0n) is 13.0. The van der Waals surface area contributed by atoms with Crippen LogP contribution in [0.4, 0.5) is 4.79 Å². The average molecular weight is 298 g/mol. The van der Waals surface area contributed by atoms with Crippen LogP contribution in [0.2, 0.25) is 0 Å². The molecule has 0 aromatic rings. The topological polar surface area (TPSA) is 89.8 Å². The van der Waals surface area contributed by atoms with Crippen LogP contribution >= 0.6 is 0 Å². The van der Waals surface area contributed by atoms with Crippen LogP contribution in [0.15, 0.2) is 12.2 Å². The van der Waals surface area contributed by atoms with Gasteiger partial charge in [-0.15, -0.1) is 0 Å². The Balaban J connectivity index is 2.98. The third-order valence-electron chi connectivity index (χ3n) is 3.22. The van der Waals surface area contributed by atoms with E-state index in [0.29, 0.717) is 0 Å². The first-order valence-electron chi connectivity index (χ1n) is 6.89. The van der Waals surface area contributed by atoms with Crippen molar-refractivity contribution in [2.75, 3.05) is 6.54 Å². The van der Waals surface area contributed by atoms with Gasteiger partial charge in [-0.05, 0) is 26.7 Å².